The molecule has 0 aromatic rings. The van der Waals surface area contributed by atoms with Crippen LogP contribution in [-0.2, 0) is 4.12 Å². The summed E-state index contributed by atoms with van der Waals surface area (Å²) < 4.78 is 6.59. The molecular weight excluding hydrogens is 240 g/mol. The van der Waals surface area contributed by atoms with Crippen LogP contribution in [-0.4, -0.2) is 16.6 Å². The normalized spacial score (nSPS) is 13.4. The topological polar surface area (TPSA) is 9.23 Å². The van der Waals surface area contributed by atoms with E-state index >= 15 is 0 Å². The molecule has 0 heterocycles. The van der Waals surface area contributed by atoms with E-state index in [2.05, 4.69) is 47.0 Å². The van der Waals surface area contributed by atoms with Crippen LogP contribution in [0.15, 0.2) is 0 Å². The van der Waals surface area contributed by atoms with E-state index in [1.54, 1.807) is 0 Å². The molecule has 0 atom stereocenters. The van der Waals surface area contributed by atoms with Gasteiger partial charge in [-0.2, -0.15) is 0 Å². The lowest BCUT2D eigenvalue weighted by Gasteiger charge is -2.34. The molecule has 0 amide bonds. The predicted molar refractivity (Wildman–Crippen MR) is 84.6 cm³/mol. The minimum absolute atomic E-state index is 0.838. The van der Waals surface area contributed by atoms with Crippen molar-refractivity contribution < 1.29 is 4.12 Å². The highest BCUT2D eigenvalue weighted by Gasteiger charge is 2.31. The number of hydrogen-bond acceptors (Lipinski definition) is 1. The van der Waals surface area contributed by atoms with Gasteiger partial charge in [-0.1, -0.05) is 46.5 Å². The summed E-state index contributed by atoms with van der Waals surface area (Å²) in [6.45, 7) is 16.5. The molecule has 17 heavy (non-hydrogen) atoms. The van der Waals surface area contributed by atoms with E-state index < -0.39 is 16.6 Å². The monoisotopic (exact) mass is 274 g/mol. The maximum atomic E-state index is 6.59. The van der Waals surface area contributed by atoms with Gasteiger partial charge in [0.25, 0.3) is 0 Å². The summed E-state index contributed by atoms with van der Waals surface area (Å²) in [6.07, 6.45) is 5.36. The van der Waals surface area contributed by atoms with E-state index in [0.717, 1.165) is 5.92 Å². The van der Waals surface area contributed by atoms with Crippen LogP contribution < -0.4 is 0 Å². The van der Waals surface area contributed by atoms with Crippen LogP contribution in [0.3, 0.4) is 0 Å². The van der Waals surface area contributed by atoms with E-state index in [-0.39, 0.29) is 0 Å². The fourth-order valence-electron chi connectivity index (χ4n) is 2.39. The molecule has 0 spiro atoms. The maximum absolute atomic E-state index is 6.59. The fourth-order valence-corrected chi connectivity index (χ4v) is 11.4. The fraction of sp³-hybridized carbons (Fsp3) is 1.00. The molecule has 3 heteroatoms. The van der Waals surface area contributed by atoms with Gasteiger partial charge in [0.15, 0.2) is 16.6 Å². The second-order valence-electron chi connectivity index (χ2n) is 7.01. The van der Waals surface area contributed by atoms with Crippen molar-refractivity contribution in [3.05, 3.63) is 0 Å². The Balaban J connectivity index is 4.04. The van der Waals surface area contributed by atoms with Gasteiger partial charge in [0.2, 0.25) is 0 Å². The second-order valence-corrected chi connectivity index (χ2v) is 15.9. The van der Waals surface area contributed by atoms with Gasteiger partial charge in [-0.3, -0.25) is 0 Å². The molecule has 0 aliphatic heterocycles. The SMILES string of the molecule is CCCC[Si](C)(C)O[Si](C)(C)CCCC(C)C. The molecule has 0 fully saturated rings. The van der Waals surface area contributed by atoms with Crippen molar-refractivity contribution in [2.45, 2.75) is 84.7 Å². The third-order valence-corrected chi connectivity index (χ3v) is 10.8. The Morgan fingerprint density at radius 1 is 0.882 bits per heavy atom. The molecule has 0 saturated heterocycles. The van der Waals surface area contributed by atoms with Crippen molar-refractivity contribution in [1.82, 2.24) is 0 Å². The molecule has 0 aromatic carbocycles. The van der Waals surface area contributed by atoms with E-state index in [0.29, 0.717) is 0 Å². The van der Waals surface area contributed by atoms with Crippen molar-refractivity contribution in [1.29, 1.82) is 0 Å². The lowest BCUT2D eigenvalue weighted by molar-refractivity contribution is 0.514. The first-order valence-electron chi connectivity index (χ1n) is 7.39. The molecule has 0 bridgehead atoms. The van der Waals surface area contributed by atoms with Crippen molar-refractivity contribution in [2.24, 2.45) is 5.92 Å². The average molecular weight is 275 g/mol. The third kappa shape index (κ3) is 10.0. The summed E-state index contributed by atoms with van der Waals surface area (Å²) in [5.41, 5.74) is 0. The van der Waals surface area contributed by atoms with Crippen LogP contribution in [0.5, 0.6) is 0 Å². The quantitative estimate of drug-likeness (QED) is 0.494. The van der Waals surface area contributed by atoms with Crippen LogP contribution in [0.25, 0.3) is 0 Å². The number of hydrogen-bond donors (Lipinski definition) is 0. The average Bonchev–Trinajstić information content (AvgIpc) is 2.12. The van der Waals surface area contributed by atoms with E-state index in [1.165, 1.54) is 37.8 Å². The molecule has 0 aliphatic rings. The zero-order valence-corrected chi connectivity index (χ0v) is 15.2. The first-order chi connectivity index (χ1) is 7.68. The highest BCUT2D eigenvalue weighted by molar-refractivity contribution is 6.84. The minimum atomic E-state index is -1.39. The molecule has 0 rings (SSSR count). The highest BCUT2D eigenvalue weighted by Crippen LogP contribution is 2.25. The first kappa shape index (κ1) is 17.4. The summed E-state index contributed by atoms with van der Waals surface area (Å²) in [5, 5.41) is 0. The van der Waals surface area contributed by atoms with Gasteiger partial charge < -0.3 is 4.12 Å². The van der Waals surface area contributed by atoms with Gasteiger partial charge in [-0.05, 0) is 44.2 Å². The van der Waals surface area contributed by atoms with Crippen LogP contribution in [0, 0.1) is 5.92 Å². The van der Waals surface area contributed by atoms with Gasteiger partial charge in [-0.15, -0.1) is 0 Å². The Hall–Kier alpha value is 0.394. The van der Waals surface area contributed by atoms with Crippen molar-refractivity contribution in [3.63, 3.8) is 0 Å². The molecule has 0 N–H and O–H groups in total. The number of rotatable bonds is 9. The van der Waals surface area contributed by atoms with Gasteiger partial charge in [-0.25, -0.2) is 0 Å². The van der Waals surface area contributed by atoms with E-state index in [9.17, 15) is 0 Å². The van der Waals surface area contributed by atoms with Crippen LogP contribution in [0.4, 0.5) is 0 Å². The summed E-state index contributed by atoms with van der Waals surface area (Å²) in [5.74, 6) is 0.838. The molecule has 0 aromatic heterocycles. The molecule has 0 saturated carbocycles. The van der Waals surface area contributed by atoms with Crippen LogP contribution in [0.2, 0.25) is 38.3 Å². The van der Waals surface area contributed by atoms with Crippen molar-refractivity contribution in [3.8, 4) is 0 Å². The van der Waals surface area contributed by atoms with Crippen LogP contribution in [0.1, 0.15) is 46.5 Å². The molecule has 1 nitrogen and oxygen atoms in total. The first-order valence-corrected chi connectivity index (χ1v) is 13.6. The second kappa shape index (κ2) is 7.75. The zero-order valence-electron chi connectivity index (χ0n) is 13.2. The lowest BCUT2D eigenvalue weighted by Crippen LogP contribution is -2.44. The van der Waals surface area contributed by atoms with Gasteiger partial charge >= 0.3 is 0 Å². The Morgan fingerprint density at radius 3 is 1.76 bits per heavy atom. The summed E-state index contributed by atoms with van der Waals surface area (Å²) in [6, 6.07) is 2.68. The largest absolute Gasteiger partial charge is 0.455 e. The Bertz CT molecular complexity index is 200. The molecule has 0 radical (unpaired) electrons. The van der Waals surface area contributed by atoms with Gasteiger partial charge in [0.05, 0.1) is 0 Å². The molecular formula is C14H34OSi2. The predicted octanol–water partition coefficient (Wildman–Crippen LogP) is 5.65. The molecule has 104 valence electrons. The third-order valence-electron chi connectivity index (χ3n) is 3.25. The van der Waals surface area contributed by atoms with E-state index in [4.69, 9.17) is 4.12 Å². The van der Waals surface area contributed by atoms with Crippen molar-refractivity contribution in [2.75, 3.05) is 0 Å². The number of unbranched alkanes of at least 4 members (excludes halogenated alkanes) is 1. The lowest BCUT2D eigenvalue weighted by atomic mass is 10.1. The van der Waals surface area contributed by atoms with E-state index in [1.807, 2.05) is 0 Å². The van der Waals surface area contributed by atoms with Crippen molar-refractivity contribution >= 4 is 16.6 Å². The summed E-state index contributed by atoms with van der Waals surface area (Å²) in [7, 11) is -2.77. The standard InChI is InChI=1S/C14H34OSi2/c1-8-9-12-16(4,5)15-17(6,7)13-10-11-14(2)3/h14H,8-13H2,1-7H3. The molecule has 0 aliphatic carbocycles. The smallest absolute Gasteiger partial charge is 0.173 e. The van der Waals surface area contributed by atoms with Gasteiger partial charge in [0.1, 0.15) is 0 Å². The van der Waals surface area contributed by atoms with Gasteiger partial charge in [0, 0.05) is 0 Å². The summed E-state index contributed by atoms with van der Waals surface area (Å²) >= 11 is 0. The zero-order chi connectivity index (χ0) is 13.5. The molecule has 0 unspecified atom stereocenters. The minimum Gasteiger partial charge on any atom is -0.455 e. The Labute approximate surface area is 112 Å². The highest BCUT2D eigenvalue weighted by atomic mass is 28.4. The summed E-state index contributed by atoms with van der Waals surface area (Å²) in [4.78, 5) is 0. The van der Waals surface area contributed by atoms with Crippen LogP contribution >= 0.6 is 0 Å². The Morgan fingerprint density at radius 2 is 1.35 bits per heavy atom. The maximum Gasteiger partial charge on any atom is 0.173 e. The Kier molecular flexibility index (Phi) is 7.93.